The van der Waals surface area contributed by atoms with Gasteiger partial charge in [0, 0.05) is 0 Å². The number of rotatable bonds is 16. The molecular formula is C28H41FO. The lowest BCUT2D eigenvalue weighted by molar-refractivity contribution is 0.291. The van der Waals surface area contributed by atoms with Crippen molar-refractivity contribution in [1.82, 2.24) is 0 Å². The molecule has 2 aromatic carbocycles. The van der Waals surface area contributed by atoms with Gasteiger partial charge in [-0.15, -0.1) is 0 Å². The number of benzene rings is 2. The maximum Gasteiger partial charge on any atom is 0.165 e. The highest BCUT2D eigenvalue weighted by molar-refractivity contribution is 5.64. The van der Waals surface area contributed by atoms with Crippen LogP contribution < -0.4 is 4.74 Å². The number of unbranched alkanes of at least 4 members (excludes halogenated alkanes) is 10. The van der Waals surface area contributed by atoms with Crippen LogP contribution in [-0.4, -0.2) is 6.61 Å². The predicted octanol–water partition coefficient (Wildman–Crippen LogP) is 9.13. The normalized spacial score (nSPS) is 11.0. The molecule has 0 saturated carbocycles. The predicted molar refractivity (Wildman–Crippen MR) is 128 cm³/mol. The first kappa shape index (κ1) is 24.4. The first-order chi connectivity index (χ1) is 14.7. The fourth-order valence-electron chi connectivity index (χ4n) is 3.84. The van der Waals surface area contributed by atoms with Gasteiger partial charge in [-0.25, -0.2) is 4.39 Å². The van der Waals surface area contributed by atoms with Gasteiger partial charge in [0.1, 0.15) is 0 Å². The molecule has 0 aromatic heterocycles. The Morgan fingerprint density at radius 3 is 1.83 bits per heavy atom. The molecule has 0 radical (unpaired) electrons. The molecule has 2 aromatic rings. The SMILES string of the molecule is CCCCCCCCCCCc1ccc(-c2ccc(OCCCCC)c(F)c2)cc1. The highest BCUT2D eigenvalue weighted by atomic mass is 19.1. The van der Waals surface area contributed by atoms with Gasteiger partial charge in [-0.1, -0.05) is 108 Å². The van der Waals surface area contributed by atoms with E-state index in [1.807, 2.05) is 6.07 Å². The fourth-order valence-corrected chi connectivity index (χ4v) is 3.84. The molecule has 0 fully saturated rings. The van der Waals surface area contributed by atoms with Crippen molar-refractivity contribution in [3.63, 3.8) is 0 Å². The molecule has 0 N–H and O–H groups in total. The topological polar surface area (TPSA) is 9.23 Å². The number of hydrogen-bond donors (Lipinski definition) is 0. The smallest absolute Gasteiger partial charge is 0.165 e. The lowest BCUT2D eigenvalue weighted by Crippen LogP contribution is -1.99. The van der Waals surface area contributed by atoms with Crippen molar-refractivity contribution in [3.8, 4) is 16.9 Å². The van der Waals surface area contributed by atoms with Gasteiger partial charge in [-0.2, -0.15) is 0 Å². The third-order valence-electron chi connectivity index (χ3n) is 5.79. The molecule has 2 heteroatoms. The van der Waals surface area contributed by atoms with Gasteiger partial charge < -0.3 is 4.74 Å². The van der Waals surface area contributed by atoms with Gasteiger partial charge in [-0.05, 0) is 48.1 Å². The van der Waals surface area contributed by atoms with E-state index in [0.29, 0.717) is 12.4 Å². The van der Waals surface area contributed by atoms with Crippen molar-refractivity contribution in [1.29, 1.82) is 0 Å². The zero-order valence-corrected chi connectivity index (χ0v) is 19.2. The molecule has 0 aliphatic rings. The molecule has 2 rings (SSSR count). The lowest BCUT2D eigenvalue weighted by atomic mass is 10.0. The molecule has 0 spiro atoms. The van der Waals surface area contributed by atoms with Crippen molar-refractivity contribution in [3.05, 3.63) is 53.8 Å². The third kappa shape index (κ3) is 9.32. The van der Waals surface area contributed by atoms with E-state index in [1.165, 1.54) is 63.4 Å². The van der Waals surface area contributed by atoms with Crippen LogP contribution in [0.15, 0.2) is 42.5 Å². The largest absolute Gasteiger partial charge is 0.491 e. The first-order valence-corrected chi connectivity index (χ1v) is 12.3. The second-order valence-electron chi connectivity index (χ2n) is 8.48. The zero-order valence-electron chi connectivity index (χ0n) is 19.2. The lowest BCUT2D eigenvalue weighted by Gasteiger charge is -2.09. The van der Waals surface area contributed by atoms with Crippen LogP contribution >= 0.6 is 0 Å². The van der Waals surface area contributed by atoms with Crippen molar-refractivity contribution in [2.75, 3.05) is 6.61 Å². The minimum absolute atomic E-state index is 0.275. The molecule has 0 atom stereocenters. The summed E-state index contributed by atoms with van der Waals surface area (Å²) in [5.41, 5.74) is 3.34. The Morgan fingerprint density at radius 1 is 0.633 bits per heavy atom. The van der Waals surface area contributed by atoms with Crippen molar-refractivity contribution in [2.24, 2.45) is 0 Å². The van der Waals surface area contributed by atoms with Crippen LogP contribution in [0.1, 0.15) is 96.5 Å². The summed E-state index contributed by atoms with van der Waals surface area (Å²) in [5, 5.41) is 0. The first-order valence-electron chi connectivity index (χ1n) is 12.3. The van der Waals surface area contributed by atoms with E-state index < -0.39 is 0 Å². The molecule has 0 aliphatic carbocycles. The number of hydrogen-bond acceptors (Lipinski definition) is 1. The summed E-state index contributed by atoms with van der Waals surface area (Å²) in [6, 6.07) is 13.9. The highest BCUT2D eigenvalue weighted by Gasteiger charge is 2.07. The minimum Gasteiger partial charge on any atom is -0.491 e. The van der Waals surface area contributed by atoms with E-state index in [-0.39, 0.29) is 5.82 Å². The van der Waals surface area contributed by atoms with Crippen LogP contribution in [0.3, 0.4) is 0 Å². The monoisotopic (exact) mass is 412 g/mol. The van der Waals surface area contributed by atoms with Crippen LogP contribution in [0.2, 0.25) is 0 Å². The third-order valence-corrected chi connectivity index (χ3v) is 5.79. The van der Waals surface area contributed by atoms with E-state index in [1.54, 1.807) is 12.1 Å². The van der Waals surface area contributed by atoms with Crippen molar-refractivity contribution >= 4 is 0 Å². The van der Waals surface area contributed by atoms with Crippen LogP contribution in [0, 0.1) is 5.82 Å². The van der Waals surface area contributed by atoms with Gasteiger partial charge >= 0.3 is 0 Å². The number of aryl methyl sites for hydroxylation is 1. The van der Waals surface area contributed by atoms with Crippen LogP contribution in [-0.2, 0) is 6.42 Å². The van der Waals surface area contributed by atoms with E-state index >= 15 is 0 Å². The van der Waals surface area contributed by atoms with Gasteiger partial charge in [0.25, 0.3) is 0 Å². The fraction of sp³-hybridized carbons (Fsp3) is 0.571. The van der Waals surface area contributed by atoms with E-state index in [4.69, 9.17) is 4.74 Å². The van der Waals surface area contributed by atoms with E-state index in [0.717, 1.165) is 36.8 Å². The summed E-state index contributed by atoms with van der Waals surface area (Å²) in [5.74, 6) is 0.0830. The maximum absolute atomic E-state index is 14.4. The molecule has 0 saturated heterocycles. The number of halogens is 1. The molecule has 0 amide bonds. The highest BCUT2D eigenvalue weighted by Crippen LogP contribution is 2.26. The van der Waals surface area contributed by atoms with Gasteiger partial charge in [0.15, 0.2) is 11.6 Å². The average Bonchev–Trinajstić information content (AvgIpc) is 2.77. The second-order valence-corrected chi connectivity index (χ2v) is 8.48. The van der Waals surface area contributed by atoms with Crippen molar-refractivity contribution in [2.45, 2.75) is 97.3 Å². The minimum atomic E-state index is -0.275. The Bertz CT molecular complexity index is 692. The van der Waals surface area contributed by atoms with Gasteiger partial charge in [-0.3, -0.25) is 0 Å². The summed E-state index contributed by atoms with van der Waals surface area (Å²) in [4.78, 5) is 0. The summed E-state index contributed by atoms with van der Waals surface area (Å²) in [7, 11) is 0. The molecular weight excluding hydrogens is 371 g/mol. The van der Waals surface area contributed by atoms with Crippen LogP contribution in [0.4, 0.5) is 4.39 Å². The zero-order chi connectivity index (χ0) is 21.4. The summed E-state index contributed by atoms with van der Waals surface area (Å²) in [6.07, 6.45) is 16.6. The van der Waals surface area contributed by atoms with Gasteiger partial charge in [0.05, 0.1) is 6.61 Å². The summed E-state index contributed by atoms with van der Waals surface area (Å²) < 4.78 is 19.9. The average molecular weight is 413 g/mol. The second kappa shape index (κ2) is 15.0. The Balaban J connectivity index is 1.71. The molecule has 0 heterocycles. The maximum atomic E-state index is 14.4. The van der Waals surface area contributed by atoms with Crippen LogP contribution in [0.5, 0.6) is 5.75 Å². The molecule has 1 nitrogen and oxygen atoms in total. The van der Waals surface area contributed by atoms with Gasteiger partial charge in [0.2, 0.25) is 0 Å². The van der Waals surface area contributed by atoms with E-state index in [2.05, 4.69) is 38.1 Å². The summed E-state index contributed by atoms with van der Waals surface area (Å²) >= 11 is 0. The van der Waals surface area contributed by atoms with Crippen molar-refractivity contribution < 1.29 is 9.13 Å². The molecule has 0 aliphatic heterocycles. The quantitative estimate of drug-likeness (QED) is 0.250. The molecule has 0 bridgehead atoms. The Kier molecular flexibility index (Phi) is 12.3. The Labute approximate surface area is 184 Å². The standard InChI is InChI=1S/C28H41FO/c1-3-5-7-8-9-10-11-12-13-15-24-16-18-25(19-17-24)26-20-21-28(27(29)23-26)30-22-14-6-4-2/h16-21,23H,3-15,22H2,1-2H3. The molecule has 0 unspecified atom stereocenters. The number of ether oxygens (including phenoxy) is 1. The Morgan fingerprint density at radius 2 is 1.20 bits per heavy atom. The van der Waals surface area contributed by atoms with E-state index in [9.17, 15) is 4.39 Å². The molecule has 30 heavy (non-hydrogen) atoms. The van der Waals surface area contributed by atoms with Crippen LogP contribution in [0.25, 0.3) is 11.1 Å². The summed E-state index contributed by atoms with van der Waals surface area (Å²) in [6.45, 7) is 5.00. The molecule has 166 valence electrons. The Hall–Kier alpha value is -1.83.